The molecule has 1 rings (SSSR count). The van der Waals surface area contributed by atoms with Crippen LogP contribution in [-0.4, -0.2) is 53.1 Å². The van der Waals surface area contributed by atoms with Crippen LogP contribution < -0.4 is 15.4 Å². The lowest BCUT2D eigenvalue weighted by Gasteiger charge is -2.15. The third-order valence-electron chi connectivity index (χ3n) is 3.65. The number of nitrogens with zero attached hydrogens (tertiary/aromatic N) is 1. The Morgan fingerprint density at radius 3 is 2.65 bits per heavy atom. The molecule has 0 aliphatic heterocycles. The van der Waals surface area contributed by atoms with Gasteiger partial charge in [0.05, 0.1) is 6.61 Å². The van der Waals surface area contributed by atoms with E-state index >= 15 is 0 Å². The molecule has 1 aromatic carbocycles. The van der Waals surface area contributed by atoms with Gasteiger partial charge in [0.2, 0.25) is 0 Å². The third kappa shape index (κ3) is 9.63. The number of hydrogen-bond acceptors (Lipinski definition) is 4. The van der Waals surface area contributed by atoms with Crippen molar-refractivity contribution in [3.05, 3.63) is 29.3 Å². The van der Waals surface area contributed by atoms with Crippen LogP contribution in [0.4, 0.5) is 0 Å². The van der Waals surface area contributed by atoms with E-state index in [0.717, 1.165) is 43.5 Å². The van der Waals surface area contributed by atoms with Crippen LogP contribution in [0.25, 0.3) is 0 Å². The molecule has 26 heavy (non-hydrogen) atoms. The molecule has 0 unspecified atom stereocenters. The lowest BCUT2D eigenvalue weighted by atomic mass is 10.1. The predicted molar refractivity (Wildman–Crippen MR) is 107 cm³/mol. The van der Waals surface area contributed by atoms with Gasteiger partial charge < -0.3 is 24.8 Å². The molecule has 0 aromatic heterocycles. The van der Waals surface area contributed by atoms with Gasteiger partial charge in [-0.05, 0) is 30.9 Å². The van der Waals surface area contributed by atoms with E-state index in [4.69, 9.17) is 14.2 Å². The minimum atomic E-state index is 0.538. The molecule has 148 valence electrons. The summed E-state index contributed by atoms with van der Waals surface area (Å²) >= 11 is 0. The van der Waals surface area contributed by atoms with Gasteiger partial charge in [0.25, 0.3) is 0 Å². The summed E-state index contributed by atoms with van der Waals surface area (Å²) in [6.07, 6.45) is 0.948. The largest absolute Gasteiger partial charge is 0.491 e. The molecular formula is C20H35N3O3. The average Bonchev–Trinajstić information content (AvgIpc) is 2.61. The SMILES string of the molecule is CN=C(NCCCOCC(C)C)NCc1ccc(C)cc1OCCOC. The second-order valence-corrected chi connectivity index (χ2v) is 6.63. The average molecular weight is 366 g/mol. The molecule has 0 saturated carbocycles. The van der Waals surface area contributed by atoms with E-state index in [1.54, 1.807) is 14.2 Å². The van der Waals surface area contributed by atoms with Gasteiger partial charge in [0.15, 0.2) is 5.96 Å². The Morgan fingerprint density at radius 1 is 1.15 bits per heavy atom. The first-order valence-corrected chi connectivity index (χ1v) is 9.30. The van der Waals surface area contributed by atoms with E-state index in [1.165, 1.54) is 5.56 Å². The minimum absolute atomic E-state index is 0.538. The quantitative estimate of drug-likeness (QED) is 0.339. The highest BCUT2D eigenvalue weighted by Gasteiger charge is 2.06. The van der Waals surface area contributed by atoms with Crippen LogP contribution in [-0.2, 0) is 16.0 Å². The number of methoxy groups -OCH3 is 1. The Kier molecular flexibility index (Phi) is 11.5. The number of aryl methyl sites for hydroxylation is 1. The third-order valence-corrected chi connectivity index (χ3v) is 3.65. The minimum Gasteiger partial charge on any atom is -0.491 e. The molecular weight excluding hydrogens is 330 g/mol. The second kappa shape index (κ2) is 13.4. The molecule has 0 aliphatic carbocycles. The first kappa shape index (κ1) is 22.3. The first-order chi connectivity index (χ1) is 12.6. The van der Waals surface area contributed by atoms with Crippen LogP contribution >= 0.6 is 0 Å². The fraction of sp³-hybridized carbons (Fsp3) is 0.650. The van der Waals surface area contributed by atoms with Crippen LogP contribution in [0.2, 0.25) is 0 Å². The maximum Gasteiger partial charge on any atom is 0.191 e. The molecule has 0 saturated heterocycles. The van der Waals surface area contributed by atoms with Gasteiger partial charge in [0, 0.05) is 46.0 Å². The molecule has 0 atom stereocenters. The van der Waals surface area contributed by atoms with Crippen molar-refractivity contribution in [2.75, 3.05) is 47.1 Å². The Hall–Kier alpha value is -1.79. The van der Waals surface area contributed by atoms with Crippen LogP contribution in [0, 0.1) is 12.8 Å². The Bertz CT molecular complexity index is 533. The maximum atomic E-state index is 5.83. The van der Waals surface area contributed by atoms with E-state index < -0.39 is 0 Å². The number of guanidine groups is 1. The van der Waals surface area contributed by atoms with E-state index in [0.29, 0.717) is 25.7 Å². The van der Waals surface area contributed by atoms with E-state index in [9.17, 15) is 0 Å². The zero-order chi connectivity index (χ0) is 19.2. The normalized spacial score (nSPS) is 11.7. The van der Waals surface area contributed by atoms with Gasteiger partial charge in [-0.3, -0.25) is 4.99 Å². The Labute approximate surface area is 158 Å². The molecule has 1 aromatic rings. The van der Waals surface area contributed by atoms with Gasteiger partial charge in [-0.1, -0.05) is 26.0 Å². The number of nitrogens with one attached hydrogen (secondary N) is 2. The molecule has 0 fully saturated rings. The second-order valence-electron chi connectivity index (χ2n) is 6.63. The molecule has 0 heterocycles. The van der Waals surface area contributed by atoms with Crippen molar-refractivity contribution in [3.8, 4) is 5.75 Å². The van der Waals surface area contributed by atoms with Crippen molar-refractivity contribution in [2.45, 2.75) is 33.7 Å². The van der Waals surface area contributed by atoms with Gasteiger partial charge in [0.1, 0.15) is 12.4 Å². The Morgan fingerprint density at radius 2 is 1.96 bits per heavy atom. The number of rotatable bonds is 12. The smallest absolute Gasteiger partial charge is 0.191 e. The van der Waals surface area contributed by atoms with Crippen molar-refractivity contribution in [3.63, 3.8) is 0 Å². The zero-order valence-corrected chi connectivity index (χ0v) is 16.9. The highest BCUT2D eigenvalue weighted by Crippen LogP contribution is 2.20. The number of hydrogen-bond donors (Lipinski definition) is 2. The monoisotopic (exact) mass is 365 g/mol. The van der Waals surface area contributed by atoms with Gasteiger partial charge in [-0.15, -0.1) is 0 Å². The van der Waals surface area contributed by atoms with Crippen LogP contribution in [0.15, 0.2) is 23.2 Å². The first-order valence-electron chi connectivity index (χ1n) is 9.30. The van der Waals surface area contributed by atoms with Crippen molar-refractivity contribution < 1.29 is 14.2 Å². The highest BCUT2D eigenvalue weighted by molar-refractivity contribution is 5.79. The van der Waals surface area contributed by atoms with Crippen molar-refractivity contribution in [2.24, 2.45) is 10.9 Å². The maximum absolute atomic E-state index is 5.83. The Balaban J connectivity index is 2.40. The summed E-state index contributed by atoms with van der Waals surface area (Å²) in [5.74, 6) is 2.23. The van der Waals surface area contributed by atoms with Gasteiger partial charge in [-0.2, -0.15) is 0 Å². The summed E-state index contributed by atoms with van der Waals surface area (Å²) in [6, 6.07) is 6.22. The molecule has 0 amide bonds. The summed E-state index contributed by atoms with van der Waals surface area (Å²) in [6.45, 7) is 10.5. The van der Waals surface area contributed by atoms with Crippen molar-refractivity contribution in [1.29, 1.82) is 0 Å². The van der Waals surface area contributed by atoms with E-state index in [2.05, 4.69) is 54.6 Å². The van der Waals surface area contributed by atoms with Crippen LogP contribution in [0.5, 0.6) is 5.75 Å². The summed E-state index contributed by atoms with van der Waals surface area (Å²) in [7, 11) is 3.45. The highest BCUT2D eigenvalue weighted by atomic mass is 16.5. The van der Waals surface area contributed by atoms with Gasteiger partial charge >= 0.3 is 0 Å². The number of benzene rings is 1. The topological polar surface area (TPSA) is 64.1 Å². The van der Waals surface area contributed by atoms with Crippen LogP contribution in [0.1, 0.15) is 31.4 Å². The molecule has 0 spiro atoms. The summed E-state index contributed by atoms with van der Waals surface area (Å²) in [4.78, 5) is 4.26. The van der Waals surface area contributed by atoms with E-state index in [1.807, 2.05) is 0 Å². The van der Waals surface area contributed by atoms with Crippen molar-refractivity contribution >= 4 is 5.96 Å². The number of ether oxygens (including phenoxy) is 3. The molecule has 6 nitrogen and oxygen atoms in total. The lowest BCUT2D eigenvalue weighted by molar-refractivity contribution is 0.108. The lowest BCUT2D eigenvalue weighted by Crippen LogP contribution is -2.37. The molecule has 0 bridgehead atoms. The number of aliphatic imine (C=N–C) groups is 1. The standard InChI is InChI=1S/C20H35N3O3/c1-16(2)15-25-10-6-9-22-20(21-4)23-14-18-8-7-17(3)13-19(18)26-12-11-24-5/h7-8,13,16H,6,9-12,14-15H2,1-5H3,(H2,21,22,23). The fourth-order valence-electron chi connectivity index (χ4n) is 2.28. The van der Waals surface area contributed by atoms with Crippen molar-refractivity contribution in [1.82, 2.24) is 10.6 Å². The van der Waals surface area contributed by atoms with E-state index in [-0.39, 0.29) is 0 Å². The summed E-state index contributed by atoms with van der Waals surface area (Å²) < 4.78 is 16.5. The molecule has 2 N–H and O–H groups in total. The molecule has 6 heteroatoms. The summed E-state index contributed by atoms with van der Waals surface area (Å²) in [5, 5.41) is 6.64. The molecule has 0 aliphatic rings. The summed E-state index contributed by atoms with van der Waals surface area (Å²) in [5.41, 5.74) is 2.26. The molecule has 0 radical (unpaired) electrons. The zero-order valence-electron chi connectivity index (χ0n) is 16.9. The fourth-order valence-corrected chi connectivity index (χ4v) is 2.28. The van der Waals surface area contributed by atoms with Gasteiger partial charge in [-0.25, -0.2) is 0 Å². The van der Waals surface area contributed by atoms with Crippen LogP contribution in [0.3, 0.4) is 0 Å². The predicted octanol–water partition coefficient (Wildman–Crippen LogP) is 2.75.